The number of methoxy groups -OCH3 is 3. The summed E-state index contributed by atoms with van der Waals surface area (Å²) in [5.74, 6) is 2.99. The largest absolute Gasteiger partial charge is 0.496 e. The van der Waals surface area contributed by atoms with Crippen LogP contribution in [0.15, 0.2) is 39.9 Å². The quantitative estimate of drug-likeness (QED) is 0.557. The van der Waals surface area contributed by atoms with Gasteiger partial charge in [0.1, 0.15) is 5.75 Å². The Morgan fingerprint density at radius 1 is 0.941 bits per heavy atom. The smallest absolute Gasteiger partial charge is 0.331 e. The average molecular weight is 466 g/mol. The number of rotatable bonds is 6. The Labute approximate surface area is 198 Å². The van der Waals surface area contributed by atoms with Gasteiger partial charge in [0.15, 0.2) is 11.5 Å². The molecule has 5 rings (SSSR count). The number of hydrogen-bond donors (Lipinski definition) is 0. The molecule has 2 heterocycles. The number of ether oxygens (including phenoxy) is 3. The first kappa shape index (κ1) is 22.5. The highest BCUT2D eigenvalue weighted by Crippen LogP contribution is 2.44. The second kappa shape index (κ2) is 8.83. The third kappa shape index (κ3) is 3.57. The summed E-state index contributed by atoms with van der Waals surface area (Å²) in [4.78, 5) is 28.7. The lowest BCUT2D eigenvalue weighted by molar-refractivity contribution is 0.302. The van der Waals surface area contributed by atoms with Crippen LogP contribution in [0.3, 0.4) is 0 Å². The summed E-state index contributed by atoms with van der Waals surface area (Å²) < 4.78 is 19.2. The standard InChI is InChI=1S/C26H31N3O5/c1-27-21-13-24(34-4)23(33-3)12-19(21)25(30)29(26(27)31)11-10-28-14-16-8-9-18-17(20(16)15-28)6-5-7-22(18)32-2/h5-7,12-13,16,20H,8-11,14-15H2,1-4H3/t16-,20+/m0/s1. The Kier molecular flexibility index (Phi) is 5.85. The molecule has 3 aromatic rings. The van der Waals surface area contributed by atoms with Gasteiger partial charge >= 0.3 is 5.69 Å². The first-order chi connectivity index (χ1) is 16.5. The van der Waals surface area contributed by atoms with E-state index in [4.69, 9.17) is 14.2 Å². The van der Waals surface area contributed by atoms with Crippen molar-refractivity contribution in [2.24, 2.45) is 13.0 Å². The zero-order valence-electron chi connectivity index (χ0n) is 20.2. The molecule has 8 nitrogen and oxygen atoms in total. The van der Waals surface area contributed by atoms with E-state index in [9.17, 15) is 9.59 Å². The van der Waals surface area contributed by atoms with Crippen LogP contribution in [0.4, 0.5) is 0 Å². The molecule has 1 aliphatic heterocycles. The van der Waals surface area contributed by atoms with Crippen molar-refractivity contribution in [3.05, 3.63) is 62.3 Å². The Morgan fingerprint density at radius 2 is 1.68 bits per heavy atom. The number of hydrogen-bond acceptors (Lipinski definition) is 6. The van der Waals surface area contributed by atoms with Crippen molar-refractivity contribution in [3.63, 3.8) is 0 Å². The van der Waals surface area contributed by atoms with Gasteiger partial charge in [0.2, 0.25) is 0 Å². The molecule has 0 amide bonds. The fraction of sp³-hybridized carbons (Fsp3) is 0.462. The lowest BCUT2D eigenvalue weighted by Gasteiger charge is -2.28. The minimum atomic E-state index is -0.323. The van der Waals surface area contributed by atoms with E-state index in [1.54, 1.807) is 26.3 Å². The Balaban J connectivity index is 1.41. The third-order valence-electron chi connectivity index (χ3n) is 7.57. The predicted octanol–water partition coefficient (Wildman–Crippen LogP) is 2.39. The molecular formula is C26H31N3O5. The molecule has 0 saturated carbocycles. The highest BCUT2D eigenvalue weighted by atomic mass is 16.5. The van der Waals surface area contributed by atoms with Crippen LogP contribution in [0.2, 0.25) is 0 Å². The number of fused-ring (bicyclic) bond motifs is 4. The third-order valence-corrected chi connectivity index (χ3v) is 7.57. The van der Waals surface area contributed by atoms with Crippen LogP contribution in [-0.2, 0) is 20.0 Å². The van der Waals surface area contributed by atoms with E-state index in [-0.39, 0.29) is 11.2 Å². The molecule has 2 atom stereocenters. The molecule has 0 unspecified atom stereocenters. The van der Waals surface area contributed by atoms with E-state index < -0.39 is 0 Å². The fourth-order valence-corrected chi connectivity index (χ4v) is 5.78. The molecule has 2 aromatic carbocycles. The summed E-state index contributed by atoms with van der Waals surface area (Å²) in [7, 11) is 6.48. The van der Waals surface area contributed by atoms with E-state index in [0.29, 0.717) is 47.3 Å². The number of benzene rings is 2. The fourth-order valence-electron chi connectivity index (χ4n) is 5.78. The number of nitrogens with zero attached hydrogens (tertiary/aromatic N) is 3. The van der Waals surface area contributed by atoms with Gasteiger partial charge in [-0.2, -0.15) is 0 Å². The summed E-state index contributed by atoms with van der Waals surface area (Å²) in [6, 6.07) is 9.67. The van der Waals surface area contributed by atoms with Crippen molar-refractivity contribution in [2.75, 3.05) is 41.0 Å². The summed E-state index contributed by atoms with van der Waals surface area (Å²) in [6.45, 7) is 2.91. The second-order valence-electron chi connectivity index (χ2n) is 9.22. The molecule has 0 radical (unpaired) electrons. The Morgan fingerprint density at radius 3 is 2.41 bits per heavy atom. The Bertz CT molecular complexity index is 1360. The topological polar surface area (TPSA) is 74.9 Å². The summed E-state index contributed by atoms with van der Waals surface area (Å²) >= 11 is 0. The molecule has 1 aliphatic carbocycles. The molecular weight excluding hydrogens is 434 g/mol. The van der Waals surface area contributed by atoms with Crippen LogP contribution < -0.4 is 25.5 Å². The van der Waals surface area contributed by atoms with E-state index in [2.05, 4.69) is 17.0 Å². The van der Waals surface area contributed by atoms with Gasteiger partial charge in [0.05, 0.1) is 32.2 Å². The van der Waals surface area contributed by atoms with Gasteiger partial charge < -0.3 is 19.1 Å². The lowest BCUT2D eigenvalue weighted by atomic mass is 9.77. The maximum atomic E-state index is 13.3. The molecule has 180 valence electrons. The molecule has 1 saturated heterocycles. The van der Waals surface area contributed by atoms with Crippen LogP contribution in [0.25, 0.3) is 10.9 Å². The van der Waals surface area contributed by atoms with Crippen molar-refractivity contribution < 1.29 is 14.2 Å². The van der Waals surface area contributed by atoms with Crippen LogP contribution in [-0.4, -0.2) is 55.0 Å². The van der Waals surface area contributed by atoms with Gasteiger partial charge in [0.25, 0.3) is 5.56 Å². The minimum absolute atomic E-state index is 0.300. The molecule has 8 heteroatoms. The van der Waals surface area contributed by atoms with Crippen LogP contribution in [0.5, 0.6) is 17.2 Å². The van der Waals surface area contributed by atoms with Crippen molar-refractivity contribution >= 4 is 10.9 Å². The number of aromatic nitrogens is 2. The van der Waals surface area contributed by atoms with Gasteiger partial charge in [-0.05, 0) is 42.0 Å². The van der Waals surface area contributed by atoms with Crippen molar-refractivity contribution in [1.82, 2.24) is 14.0 Å². The molecule has 0 N–H and O–H groups in total. The van der Waals surface area contributed by atoms with Crippen molar-refractivity contribution in [1.29, 1.82) is 0 Å². The SMILES string of the molecule is COc1cc2c(=O)n(CCN3C[C@@H]4CCc5c(OC)cccc5[C@@H]4C3)c(=O)n(C)c2cc1OC. The number of aryl methyl sites for hydroxylation is 1. The number of likely N-dealkylation sites (tertiary alicyclic amines) is 1. The second-order valence-corrected chi connectivity index (χ2v) is 9.22. The predicted molar refractivity (Wildman–Crippen MR) is 131 cm³/mol. The van der Waals surface area contributed by atoms with E-state index in [1.807, 2.05) is 6.07 Å². The summed E-state index contributed by atoms with van der Waals surface area (Å²) in [5, 5.41) is 0.441. The van der Waals surface area contributed by atoms with Gasteiger partial charge in [-0.15, -0.1) is 0 Å². The highest BCUT2D eigenvalue weighted by Gasteiger charge is 2.38. The molecule has 0 spiro atoms. The highest BCUT2D eigenvalue weighted by molar-refractivity contribution is 5.82. The minimum Gasteiger partial charge on any atom is -0.496 e. The van der Waals surface area contributed by atoms with Crippen molar-refractivity contribution in [2.45, 2.75) is 25.3 Å². The van der Waals surface area contributed by atoms with E-state index in [0.717, 1.165) is 31.7 Å². The average Bonchev–Trinajstić information content (AvgIpc) is 3.29. The van der Waals surface area contributed by atoms with Gasteiger partial charge in [-0.3, -0.25) is 13.9 Å². The van der Waals surface area contributed by atoms with E-state index in [1.165, 1.54) is 34.5 Å². The van der Waals surface area contributed by atoms with Gasteiger partial charge in [-0.25, -0.2) is 4.79 Å². The van der Waals surface area contributed by atoms with E-state index >= 15 is 0 Å². The zero-order chi connectivity index (χ0) is 24.0. The van der Waals surface area contributed by atoms with Crippen LogP contribution >= 0.6 is 0 Å². The molecule has 34 heavy (non-hydrogen) atoms. The lowest BCUT2D eigenvalue weighted by Crippen LogP contribution is -2.41. The monoisotopic (exact) mass is 465 g/mol. The maximum absolute atomic E-state index is 13.3. The maximum Gasteiger partial charge on any atom is 0.331 e. The van der Waals surface area contributed by atoms with Crippen molar-refractivity contribution in [3.8, 4) is 17.2 Å². The zero-order valence-corrected chi connectivity index (χ0v) is 20.2. The molecule has 0 bridgehead atoms. The van der Waals surface area contributed by atoms with Crippen LogP contribution in [0, 0.1) is 5.92 Å². The Hall–Kier alpha value is -3.26. The molecule has 2 aliphatic rings. The first-order valence-electron chi connectivity index (χ1n) is 11.7. The summed E-state index contributed by atoms with van der Waals surface area (Å²) in [5.41, 5.74) is 2.62. The normalized spacial score (nSPS) is 19.6. The van der Waals surface area contributed by atoms with Gasteiger partial charge in [-0.1, -0.05) is 12.1 Å². The molecule has 1 aromatic heterocycles. The molecule has 1 fully saturated rings. The summed E-state index contributed by atoms with van der Waals surface area (Å²) in [6.07, 6.45) is 2.16. The first-order valence-corrected chi connectivity index (χ1v) is 11.7. The van der Waals surface area contributed by atoms with Gasteiger partial charge in [0, 0.05) is 45.2 Å². The van der Waals surface area contributed by atoms with Crippen LogP contribution in [0.1, 0.15) is 23.5 Å².